The number of carbonyl (C=O) groups excluding carboxylic acids is 2. The molecule has 2 heterocycles. The van der Waals surface area contributed by atoms with E-state index in [1.165, 1.54) is 25.3 Å². The minimum atomic E-state index is -0.804. The van der Waals surface area contributed by atoms with E-state index in [0.717, 1.165) is 53.5 Å². The number of benzene rings is 1. The lowest BCUT2D eigenvalue weighted by molar-refractivity contribution is -0.137. The fourth-order valence-electron chi connectivity index (χ4n) is 4.96. The first kappa shape index (κ1) is 22.9. The number of ether oxygens (including phenoxy) is 2. The highest BCUT2D eigenvalue weighted by Gasteiger charge is 2.40. The van der Waals surface area contributed by atoms with Gasteiger partial charge < -0.3 is 24.7 Å². The second-order valence-electron chi connectivity index (χ2n) is 8.48. The zero-order chi connectivity index (χ0) is 22.8. The molecule has 8 heteroatoms. The van der Waals surface area contributed by atoms with Crippen LogP contribution in [-0.4, -0.2) is 54.8 Å². The number of nitrogens with one attached hydrogen (secondary N) is 2. The molecule has 0 bridgehead atoms. The Labute approximate surface area is 197 Å². The van der Waals surface area contributed by atoms with Crippen molar-refractivity contribution < 1.29 is 19.1 Å². The number of aromatic nitrogens is 1. The van der Waals surface area contributed by atoms with Gasteiger partial charge in [0.1, 0.15) is 6.04 Å². The molecule has 32 heavy (non-hydrogen) atoms. The van der Waals surface area contributed by atoms with Crippen LogP contribution < -0.4 is 5.32 Å². The number of carbonyl (C=O) groups is 2. The third-order valence-electron chi connectivity index (χ3n) is 6.67. The molecule has 2 aromatic rings. The van der Waals surface area contributed by atoms with Crippen LogP contribution in [-0.2, 0) is 27.1 Å². The van der Waals surface area contributed by atoms with Crippen LogP contribution in [0.15, 0.2) is 28.7 Å². The molecular weight excluding hydrogens is 474 g/mol. The zero-order valence-corrected chi connectivity index (χ0v) is 20.3. The molecule has 2 amide bonds. The van der Waals surface area contributed by atoms with Crippen LogP contribution >= 0.6 is 15.9 Å². The van der Waals surface area contributed by atoms with Gasteiger partial charge in [0, 0.05) is 29.5 Å². The molecule has 1 unspecified atom stereocenters. The van der Waals surface area contributed by atoms with Gasteiger partial charge in [0.15, 0.2) is 0 Å². The second-order valence-corrected chi connectivity index (χ2v) is 9.39. The lowest BCUT2D eigenvalue weighted by Gasteiger charge is -2.31. The van der Waals surface area contributed by atoms with Crippen LogP contribution in [0.1, 0.15) is 49.0 Å². The van der Waals surface area contributed by atoms with Crippen molar-refractivity contribution in [3.8, 4) is 11.3 Å². The number of nitrogens with zero attached hydrogens (tertiary/aromatic N) is 1. The van der Waals surface area contributed by atoms with Gasteiger partial charge in [0.2, 0.25) is 5.91 Å². The number of halogens is 1. The molecule has 7 nitrogen and oxygen atoms in total. The van der Waals surface area contributed by atoms with Gasteiger partial charge in [-0.3, -0.25) is 4.79 Å². The van der Waals surface area contributed by atoms with Crippen LogP contribution in [0.25, 0.3) is 11.3 Å². The quantitative estimate of drug-likeness (QED) is 0.613. The summed E-state index contributed by atoms with van der Waals surface area (Å²) in [6.45, 7) is 2.43. The maximum absolute atomic E-state index is 13.6. The molecule has 1 aromatic carbocycles. The summed E-state index contributed by atoms with van der Waals surface area (Å²) >= 11 is 3.51. The van der Waals surface area contributed by atoms with E-state index in [0.29, 0.717) is 6.54 Å². The van der Waals surface area contributed by atoms with Crippen LogP contribution in [0.5, 0.6) is 0 Å². The lowest BCUT2D eigenvalue weighted by Crippen LogP contribution is -2.54. The first-order chi connectivity index (χ1) is 15.4. The molecule has 0 spiro atoms. The van der Waals surface area contributed by atoms with E-state index in [2.05, 4.69) is 50.5 Å². The molecule has 2 aliphatic rings. The fourth-order valence-corrected chi connectivity index (χ4v) is 5.23. The Bertz CT molecular complexity index is 988. The highest BCUT2D eigenvalue weighted by molar-refractivity contribution is 9.10. The largest absolute Gasteiger partial charge is 0.453 e. The van der Waals surface area contributed by atoms with Crippen molar-refractivity contribution in [1.82, 2.24) is 15.2 Å². The first-order valence-electron chi connectivity index (χ1n) is 11.1. The monoisotopic (exact) mass is 503 g/mol. The minimum Gasteiger partial charge on any atom is -0.453 e. The van der Waals surface area contributed by atoms with Crippen LogP contribution in [0.3, 0.4) is 0 Å². The fraction of sp³-hybridized carbons (Fsp3) is 0.500. The average molecular weight is 504 g/mol. The van der Waals surface area contributed by atoms with Crippen molar-refractivity contribution in [3.63, 3.8) is 0 Å². The van der Waals surface area contributed by atoms with E-state index in [1.54, 1.807) is 6.92 Å². The summed E-state index contributed by atoms with van der Waals surface area (Å²) in [6.07, 6.45) is 3.90. The molecule has 4 rings (SSSR count). The van der Waals surface area contributed by atoms with Crippen molar-refractivity contribution in [3.05, 3.63) is 45.6 Å². The van der Waals surface area contributed by atoms with Crippen molar-refractivity contribution in [1.29, 1.82) is 0 Å². The van der Waals surface area contributed by atoms with Gasteiger partial charge in [-0.2, -0.15) is 0 Å². The van der Waals surface area contributed by atoms with Crippen LogP contribution in [0, 0.1) is 0 Å². The van der Waals surface area contributed by atoms with E-state index >= 15 is 0 Å². The minimum absolute atomic E-state index is 0.0375. The van der Waals surface area contributed by atoms with E-state index in [4.69, 9.17) is 9.47 Å². The molecule has 1 fully saturated rings. The van der Waals surface area contributed by atoms with Gasteiger partial charge in [0.05, 0.1) is 19.3 Å². The van der Waals surface area contributed by atoms with Crippen molar-refractivity contribution >= 4 is 27.9 Å². The SMILES string of the molecule is COC(=O)N[C@H](C(=O)N1CCCC1c1[nH]c(-c2ccc(Br)cc2)c2c1CCC2)[C@@H](C)OC. The Hall–Kier alpha value is -2.32. The summed E-state index contributed by atoms with van der Waals surface area (Å²) in [7, 11) is 2.83. The van der Waals surface area contributed by atoms with E-state index in [-0.39, 0.29) is 11.9 Å². The third kappa shape index (κ3) is 4.30. The van der Waals surface area contributed by atoms with Crippen LogP contribution in [0.4, 0.5) is 4.79 Å². The number of fused-ring (bicyclic) bond motifs is 1. The smallest absolute Gasteiger partial charge is 0.407 e. The summed E-state index contributed by atoms with van der Waals surface area (Å²) < 4.78 is 11.2. The highest BCUT2D eigenvalue weighted by atomic mass is 79.9. The van der Waals surface area contributed by atoms with Crippen LogP contribution in [0.2, 0.25) is 0 Å². The molecule has 172 valence electrons. The number of aromatic amines is 1. The number of rotatable bonds is 6. The molecule has 1 saturated heterocycles. The number of hydrogen-bond donors (Lipinski definition) is 2. The standard InChI is InChI=1S/C24H30BrN3O4/c1-14(31-2)20(27-24(30)32-3)23(29)28-13-5-8-19(28)22-18-7-4-6-17(18)21(26-22)15-9-11-16(25)12-10-15/h9-12,14,19-20,26H,4-8,13H2,1-3H3,(H,27,30)/t14-,19?,20+/m1/s1. The highest BCUT2D eigenvalue weighted by Crippen LogP contribution is 2.42. The van der Waals surface area contributed by atoms with Gasteiger partial charge in [-0.15, -0.1) is 0 Å². The number of methoxy groups -OCH3 is 2. The Balaban J connectivity index is 1.66. The molecule has 2 N–H and O–H groups in total. The van der Waals surface area contributed by atoms with Gasteiger partial charge in [0.25, 0.3) is 0 Å². The molecule has 3 atom stereocenters. The van der Waals surface area contributed by atoms with Gasteiger partial charge in [-0.05, 0) is 67.9 Å². The summed E-state index contributed by atoms with van der Waals surface area (Å²) in [5.74, 6) is -0.140. The van der Waals surface area contributed by atoms with Crippen molar-refractivity contribution in [2.75, 3.05) is 20.8 Å². The predicted octanol–water partition coefficient (Wildman–Crippen LogP) is 4.36. The van der Waals surface area contributed by atoms with Gasteiger partial charge >= 0.3 is 6.09 Å². The summed E-state index contributed by atoms with van der Waals surface area (Å²) in [6, 6.07) is 7.50. The predicted molar refractivity (Wildman–Crippen MR) is 125 cm³/mol. The lowest BCUT2D eigenvalue weighted by atomic mass is 10.0. The Morgan fingerprint density at radius 1 is 1.16 bits per heavy atom. The van der Waals surface area contributed by atoms with Crippen molar-refractivity contribution in [2.45, 2.75) is 57.2 Å². The maximum Gasteiger partial charge on any atom is 0.407 e. The topological polar surface area (TPSA) is 83.7 Å². The number of amides is 2. The van der Waals surface area contributed by atoms with Gasteiger partial charge in [-0.1, -0.05) is 28.1 Å². The average Bonchev–Trinajstić information content (AvgIpc) is 3.53. The number of hydrogen-bond acceptors (Lipinski definition) is 4. The normalized spacial score (nSPS) is 19.5. The van der Waals surface area contributed by atoms with Gasteiger partial charge in [-0.25, -0.2) is 4.79 Å². The molecular formula is C24H30BrN3O4. The molecule has 0 radical (unpaired) electrons. The zero-order valence-electron chi connectivity index (χ0n) is 18.7. The summed E-state index contributed by atoms with van der Waals surface area (Å²) in [4.78, 5) is 31.0. The number of H-pyrrole nitrogens is 1. The first-order valence-corrected chi connectivity index (χ1v) is 11.9. The molecule has 1 aliphatic carbocycles. The molecule has 1 aromatic heterocycles. The summed E-state index contributed by atoms with van der Waals surface area (Å²) in [5.41, 5.74) is 6.18. The summed E-state index contributed by atoms with van der Waals surface area (Å²) in [5, 5.41) is 2.66. The third-order valence-corrected chi connectivity index (χ3v) is 7.20. The second kappa shape index (κ2) is 9.67. The Kier molecular flexibility index (Phi) is 6.90. The molecule has 0 saturated carbocycles. The Morgan fingerprint density at radius 2 is 1.88 bits per heavy atom. The van der Waals surface area contributed by atoms with E-state index < -0.39 is 18.2 Å². The number of likely N-dealkylation sites (tertiary alicyclic amines) is 1. The number of alkyl carbamates (subject to hydrolysis) is 1. The Morgan fingerprint density at radius 3 is 2.56 bits per heavy atom. The maximum atomic E-state index is 13.6. The van der Waals surface area contributed by atoms with E-state index in [9.17, 15) is 9.59 Å². The van der Waals surface area contributed by atoms with E-state index in [1.807, 2.05) is 4.90 Å². The van der Waals surface area contributed by atoms with Crippen molar-refractivity contribution in [2.24, 2.45) is 0 Å². The molecule has 1 aliphatic heterocycles.